The Bertz CT molecular complexity index is 2590. The van der Waals surface area contributed by atoms with E-state index in [1.807, 2.05) is 22.8 Å². The van der Waals surface area contributed by atoms with Crippen molar-refractivity contribution in [1.29, 1.82) is 0 Å². The highest BCUT2D eigenvalue weighted by Gasteiger charge is 2.38. The second-order valence-corrected chi connectivity index (χ2v) is 14.6. The van der Waals surface area contributed by atoms with Gasteiger partial charge >= 0.3 is 0 Å². The minimum absolute atomic E-state index is 0.0207. The maximum Gasteiger partial charge on any atom is 0.259 e. The number of hydrogen-bond acceptors (Lipinski definition) is 8. The van der Waals surface area contributed by atoms with E-state index in [2.05, 4.69) is 9.97 Å². The fourth-order valence-electron chi connectivity index (χ4n) is 8.34. The van der Waals surface area contributed by atoms with Crippen molar-refractivity contribution in [3.63, 3.8) is 0 Å². The smallest absolute Gasteiger partial charge is 0.259 e. The summed E-state index contributed by atoms with van der Waals surface area (Å²) in [5.41, 5.74) is 1.01. The lowest BCUT2D eigenvalue weighted by molar-refractivity contribution is -0.924. The van der Waals surface area contributed by atoms with Crippen LogP contribution in [0.4, 0.5) is 0 Å². The van der Waals surface area contributed by atoms with E-state index in [0.717, 1.165) is 30.8 Å². The molecule has 4 unspecified atom stereocenters. The van der Waals surface area contributed by atoms with Crippen LogP contribution in [0.3, 0.4) is 0 Å². The second-order valence-electron chi connectivity index (χ2n) is 13.9. The summed E-state index contributed by atoms with van der Waals surface area (Å²) >= 11 is 11.0. The van der Waals surface area contributed by atoms with Gasteiger partial charge in [-0.3, -0.25) is 28.9 Å². The van der Waals surface area contributed by atoms with Crippen molar-refractivity contribution in [3.05, 3.63) is 166 Å². The van der Waals surface area contributed by atoms with E-state index in [0.29, 0.717) is 41.7 Å². The average Bonchev–Trinajstić information content (AvgIpc) is 3.15. The number of aromatic amines is 2. The topological polar surface area (TPSA) is 155 Å². The molecular weight excluding hydrogens is 725 g/mol. The van der Waals surface area contributed by atoms with E-state index >= 15 is 0 Å². The van der Waals surface area contributed by atoms with Gasteiger partial charge in [0.2, 0.25) is 5.88 Å². The zero-order chi connectivity index (χ0) is 37.7. The molecule has 0 aliphatic carbocycles. The molecule has 1 saturated heterocycles. The Morgan fingerprint density at radius 2 is 1.50 bits per heavy atom. The molecule has 3 aromatic heterocycles. The highest BCUT2D eigenvalue weighted by atomic mass is 32.1. The zero-order valence-electron chi connectivity index (χ0n) is 29.2. The highest BCUT2D eigenvalue weighted by Crippen LogP contribution is 2.39. The van der Waals surface area contributed by atoms with Gasteiger partial charge in [-0.15, -0.1) is 0 Å². The molecule has 3 aromatic carbocycles. The second kappa shape index (κ2) is 14.2. The first kappa shape index (κ1) is 35.2. The van der Waals surface area contributed by atoms with Gasteiger partial charge in [-0.05, 0) is 84.8 Å². The van der Waals surface area contributed by atoms with Crippen LogP contribution in [-0.2, 0) is 13.1 Å². The molecular formula is C40H36N6O6S2. The summed E-state index contributed by atoms with van der Waals surface area (Å²) < 4.78 is 10.1. The van der Waals surface area contributed by atoms with Gasteiger partial charge in [0, 0.05) is 47.0 Å². The number of aromatic hydroxyl groups is 1. The minimum Gasteiger partial charge on any atom is -0.859 e. The number of benzene rings is 3. The molecule has 2 aliphatic heterocycles. The number of quaternary nitrogens is 1. The van der Waals surface area contributed by atoms with Gasteiger partial charge in [0.1, 0.15) is 12.3 Å². The fourth-order valence-corrected chi connectivity index (χ4v) is 8.90. The van der Waals surface area contributed by atoms with Crippen LogP contribution >= 0.6 is 24.4 Å². The summed E-state index contributed by atoms with van der Waals surface area (Å²) in [7, 11) is 1.58. The molecule has 274 valence electrons. The molecule has 0 radical (unpaired) electrons. The SMILES string of the molecule is COc1ccc(C(c2c([O-])n(-c3ccccc3)c(=S)[nH]c2=O)c2c(O)n(-c3ccccc3)c(=S)[nH]c2=O)cc1C[NH+]1CC2CC(C1)c1cccc(=O)n1C2. The summed E-state index contributed by atoms with van der Waals surface area (Å²) in [6.07, 6.45) is 1.00. The first-order valence-corrected chi connectivity index (χ1v) is 18.4. The van der Waals surface area contributed by atoms with Crippen molar-refractivity contribution in [2.45, 2.75) is 31.3 Å². The maximum absolute atomic E-state index is 14.6. The van der Waals surface area contributed by atoms with Gasteiger partial charge in [0.05, 0.1) is 37.4 Å². The molecule has 6 aromatic rings. The lowest BCUT2D eigenvalue weighted by Gasteiger charge is -2.40. The van der Waals surface area contributed by atoms with E-state index in [-0.39, 0.29) is 32.1 Å². The van der Waals surface area contributed by atoms with E-state index in [1.54, 1.807) is 86.0 Å². The van der Waals surface area contributed by atoms with E-state index in [4.69, 9.17) is 29.2 Å². The van der Waals surface area contributed by atoms with Gasteiger partial charge in [0.25, 0.3) is 16.7 Å². The zero-order valence-corrected chi connectivity index (χ0v) is 30.8. The van der Waals surface area contributed by atoms with Crippen LogP contribution < -0.4 is 31.4 Å². The molecule has 0 amide bonds. The number of nitrogens with zero attached hydrogens (tertiary/aromatic N) is 3. The monoisotopic (exact) mass is 760 g/mol. The van der Waals surface area contributed by atoms with Crippen molar-refractivity contribution < 1.29 is 19.8 Å². The molecule has 12 nitrogen and oxygen atoms in total. The van der Waals surface area contributed by atoms with Gasteiger partial charge < -0.3 is 29.0 Å². The number of fused-ring (bicyclic) bond motifs is 4. The molecule has 2 bridgehead atoms. The van der Waals surface area contributed by atoms with Crippen LogP contribution in [0.1, 0.15) is 46.2 Å². The number of H-pyrrole nitrogens is 2. The number of ether oxygens (including phenoxy) is 1. The number of hydrogen-bond donors (Lipinski definition) is 4. The molecule has 0 spiro atoms. The maximum atomic E-state index is 14.6. The molecule has 2 aliphatic rings. The molecule has 14 heteroatoms. The normalized spacial score (nSPS) is 18.1. The molecule has 8 rings (SSSR count). The Morgan fingerprint density at radius 1 is 0.852 bits per heavy atom. The molecule has 1 fully saturated rings. The molecule has 54 heavy (non-hydrogen) atoms. The molecule has 4 N–H and O–H groups in total. The molecule has 5 heterocycles. The van der Waals surface area contributed by atoms with Crippen LogP contribution in [0.15, 0.2) is 111 Å². The Kier molecular flexibility index (Phi) is 9.26. The summed E-state index contributed by atoms with van der Waals surface area (Å²) in [4.78, 5) is 47.3. The highest BCUT2D eigenvalue weighted by molar-refractivity contribution is 7.71. The third kappa shape index (κ3) is 6.21. The number of aromatic nitrogens is 5. The molecule has 0 saturated carbocycles. The third-order valence-electron chi connectivity index (χ3n) is 10.6. The Hall–Kier alpha value is -5.83. The van der Waals surface area contributed by atoms with Crippen molar-refractivity contribution in [1.82, 2.24) is 23.7 Å². The third-order valence-corrected chi connectivity index (χ3v) is 11.1. The van der Waals surface area contributed by atoms with Crippen LogP contribution in [0.25, 0.3) is 11.4 Å². The largest absolute Gasteiger partial charge is 0.859 e. The van der Waals surface area contributed by atoms with Crippen LogP contribution in [0, 0.1) is 15.5 Å². The standard InChI is InChI=1S/C40H36N6O6S2/c1-52-30-16-15-24(18-26(30)22-43-19-23-17-25(21-43)29-13-8-14-31(47)44(29)20-23)32(33-35(48)41-39(53)45(37(33)50)27-9-4-2-5-10-27)34-36(49)42-40(54)46(38(34)51)28-11-6-3-7-12-28/h2-16,18,23,25,32,50-51H,17,19-22H2,1H3,(H,41,48,53)(H,42,49,54). The van der Waals surface area contributed by atoms with Crippen LogP contribution in [-0.4, -0.2) is 49.0 Å². The number of pyridine rings is 1. The Balaban J connectivity index is 1.31. The van der Waals surface area contributed by atoms with Crippen molar-refractivity contribution in [3.8, 4) is 28.9 Å². The van der Waals surface area contributed by atoms with Gasteiger partial charge in [-0.2, -0.15) is 0 Å². The van der Waals surface area contributed by atoms with E-state index in [1.165, 1.54) is 14.0 Å². The first-order valence-electron chi connectivity index (χ1n) is 17.6. The van der Waals surface area contributed by atoms with Gasteiger partial charge in [0.15, 0.2) is 9.54 Å². The summed E-state index contributed by atoms with van der Waals surface area (Å²) in [6, 6.07) is 28.1. The van der Waals surface area contributed by atoms with Crippen LogP contribution in [0.2, 0.25) is 0 Å². The number of rotatable bonds is 8. The average molecular weight is 761 g/mol. The minimum atomic E-state index is -1.37. The number of methoxy groups -OCH3 is 1. The van der Waals surface area contributed by atoms with E-state index < -0.39 is 28.8 Å². The quantitative estimate of drug-likeness (QED) is 0.172. The summed E-state index contributed by atoms with van der Waals surface area (Å²) in [5, 5.41) is 26.6. The number of piperidine rings is 1. The first-order chi connectivity index (χ1) is 26.1. The van der Waals surface area contributed by atoms with Gasteiger partial charge in [-0.25, -0.2) is 0 Å². The van der Waals surface area contributed by atoms with Crippen molar-refractivity contribution in [2.24, 2.45) is 5.92 Å². The fraction of sp³-hybridized carbons (Fsp3) is 0.225. The Morgan fingerprint density at radius 3 is 2.19 bits per heavy atom. The molecule has 4 atom stereocenters. The predicted octanol–water partition coefficient (Wildman–Crippen LogP) is 3.44. The number of likely N-dealkylation sites (tertiary alicyclic amines) is 1. The van der Waals surface area contributed by atoms with Gasteiger partial charge in [-0.1, -0.05) is 48.5 Å². The number of para-hydroxylation sites is 2. The van der Waals surface area contributed by atoms with Crippen LogP contribution in [0.5, 0.6) is 17.5 Å². The number of nitrogens with one attached hydrogen (secondary N) is 3. The predicted molar refractivity (Wildman–Crippen MR) is 205 cm³/mol. The lowest BCUT2D eigenvalue weighted by atomic mass is 9.82. The Labute approximate surface area is 318 Å². The summed E-state index contributed by atoms with van der Waals surface area (Å²) in [5.74, 6) is -1.54. The van der Waals surface area contributed by atoms with Crippen molar-refractivity contribution >= 4 is 24.4 Å². The summed E-state index contributed by atoms with van der Waals surface area (Å²) in [6.45, 7) is 2.80. The van der Waals surface area contributed by atoms with E-state index in [9.17, 15) is 24.6 Å². The van der Waals surface area contributed by atoms with Crippen molar-refractivity contribution in [2.75, 3.05) is 20.2 Å². The lowest BCUT2D eigenvalue weighted by Crippen LogP contribution is -3.13.